The quantitative estimate of drug-likeness (QED) is 0.307. The van der Waals surface area contributed by atoms with Gasteiger partial charge in [-0.1, -0.05) is 30.3 Å². The lowest BCUT2D eigenvalue weighted by Crippen LogP contribution is -2.46. The van der Waals surface area contributed by atoms with Gasteiger partial charge in [0.05, 0.1) is 30.0 Å². The van der Waals surface area contributed by atoms with Gasteiger partial charge in [0, 0.05) is 36.9 Å². The van der Waals surface area contributed by atoms with E-state index in [0.29, 0.717) is 60.2 Å². The van der Waals surface area contributed by atoms with Gasteiger partial charge in [-0.05, 0) is 46.8 Å². The van der Waals surface area contributed by atoms with E-state index in [2.05, 4.69) is 15.6 Å². The maximum absolute atomic E-state index is 13.2. The molecule has 38 heavy (non-hydrogen) atoms. The summed E-state index contributed by atoms with van der Waals surface area (Å²) in [4.78, 5) is 44.9. The van der Waals surface area contributed by atoms with Crippen LogP contribution in [0.15, 0.2) is 81.8 Å². The molecule has 2 N–H and O–H groups in total. The van der Waals surface area contributed by atoms with Crippen molar-refractivity contribution in [1.82, 2.24) is 4.98 Å². The van der Waals surface area contributed by atoms with Gasteiger partial charge in [0.15, 0.2) is 0 Å². The molecule has 3 aromatic carbocycles. The van der Waals surface area contributed by atoms with Crippen molar-refractivity contribution in [2.45, 2.75) is 6.54 Å². The zero-order valence-corrected chi connectivity index (χ0v) is 21.2. The Hall–Kier alpha value is -4.34. The van der Waals surface area contributed by atoms with Crippen LogP contribution in [0.5, 0.6) is 0 Å². The molecule has 6 rings (SSSR count). The average molecular weight is 525 g/mol. The number of thiophene rings is 1. The Morgan fingerprint density at radius 3 is 2.71 bits per heavy atom. The highest BCUT2D eigenvalue weighted by atomic mass is 32.1. The molecule has 190 valence electrons. The summed E-state index contributed by atoms with van der Waals surface area (Å²) in [5.41, 5.74) is 3.79. The standard InChI is InChI=1S/C29H24N4O4S/c34-26-24(25(27(26)35)33-11-13-37-14-12-33)18-4-3-5-20(16-18)32-29(36)28-23(9-15-38-28)31-17-19-8-10-30-22-7-2-1-6-21(19)22/h1-10,15-16,31H,11-14,17H2,(H,32,36). The molecule has 0 aliphatic carbocycles. The highest BCUT2D eigenvalue weighted by molar-refractivity contribution is 7.12. The molecule has 0 saturated carbocycles. The van der Waals surface area contributed by atoms with Crippen LogP contribution < -0.4 is 26.4 Å². The summed E-state index contributed by atoms with van der Waals surface area (Å²) < 4.78 is 5.38. The number of amides is 1. The van der Waals surface area contributed by atoms with Gasteiger partial charge < -0.3 is 20.3 Å². The lowest BCUT2D eigenvalue weighted by Gasteiger charge is -2.30. The summed E-state index contributed by atoms with van der Waals surface area (Å²) in [5.74, 6) is -0.252. The van der Waals surface area contributed by atoms with Gasteiger partial charge in [0.1, 0.15) is 10.6 Å². The van der Waals surface area contributed by atoms with E-state index in [1.54, 1.807) is 30.5 Å². The van der Waals surface area contributed by atoms with Crippen molar-refractivity contribution in [1.29, 1.82) is 0 Å². The van der Waals surface area contributed by atoms with E-state index in [0.717, 1.165) is 22.2 Å². The molecule has 1 aliphatic rings. The number of rotatable bonds is 7. The average Bonchev–Trinajstić information content (AvgIpc) is 3.43. The van der Waals surface area contributed by atoms with Gasteiger partial charge >= 0.3 is 0 Å². The smallest absolute Gasteiger partial charge is 0.267 e. The molecule has 1 fully saturated rings. The summed E-state index contributed by atoms with van der Waals surface area (Å²) in [6.07, 6.45) is 1.79. The molecule has 0 bridgehead atoms. The molecule has 2 aromatic heterocycles. The van der Waals surface area contributed by atoms with Crippen LogP contribution in [0, 0.1) is 0 Å². The lowest BCUT2D eigenvalue weighted by atomic mass is 9.97. The Bertz CT molecular complexity index is 1710. The first-order chi connectivity index (χ1) is 18.6. The zero-order chi connectivity index (χ0) is 26.1. The number of benzene rings is 2. The number of hydrogen-bond donors (Lipinski definition) is 2. The van der Waals surface area contributed by atoms with E-state index in [4.69, 9.17) is 4.74 Å². The molecule has 1 amide bonds. The molecule has 8 nitrogen and oxygen atoms in total. The van der Waals surface area contributed by atoms with E-state index in [9.17, 15) is 14.4 Å². The van der Waals surface area contributed by atoms with Gasteiger partial charge in [0.25, 0.3) is 5.91 Å². The summed E-state index contributed by atoms with van der Waals surface area (Å²) in [6, 6.07) is 18.9. The van der Waals surface area contributed by atoms with Gasteiger partial charge in [-0.3, -0.25) is 19.4 Å². The number of nitrogens with zero attached hydrogens (tertiary/aromatic N) is 2. The molecule has 0 unspecified atom stereocenters. The fraction of sp³-hybridized carbons (Fsp3) is 0.172. The van der Waals surface area contributed by atoms with Crippen molar-refractivity contribution in [2.24, 2.45) is 0 Å². The first kappa shape index (κ1) is 24.0. The van der Waals surface area contributed by atoms with Gasteiger partial charge in [-0.15, -0.1) is 11.3 Å². The Balaban J connectivity index is 1.19. The Labute approximate surface area is 222 Å². The van der Waals surface area contributed by atoms with Gasteiger partial charge in [-0.2, -0.15) is 0 Å². The zero-order valence-electron chi connectivity index (χ0n) is 20.4. The van der Waals surface area contributed by atoms with E-state index in [1.165, 1.54) is 11.3 Å². The number of carbonyl (C=O) groups is 1. The third kappa shape index (κ3) is 4.46. The lowest BCUT2D eigenvalue weighted by molar-refractivity contribution is 0.103. The first-order valence-electron chi connectivity index (χ1n) is 12.3. The molecule has 0 spiro atoms. The number of pyridine rings is 1. The van der Waals surface area contributed by atoms with E-state index >= 15 is 0 Å². The first-order valence-corrected chi connectivity index (χ1v) is 13.2. The second-order valence-electron chi connectivity index (χ2n) is 9.02. The van der Waals surface area contributed by atoms with Crippen molar-refractivity contribution in [2.75, 3.05) is 41.8 Å². The minimum atomic E-state index is -0.497. The maximum atomic E-state index is 13.2. The molecular weight excluding hydrogens is 500 g/mol. The number of aromatic nitrogens is 1. The van der Waals surface area contributed by atoms with E-state index in [1.807, 2.05) is 46.7 Å². The number of nitrogens with one attached hydrogen (secondary N) is 2. The summed E-state index contributed by atoms with van der Waals surface area (Å²) in [6.45, 7) is 2.71. The third-order valence-electron chi connectivity index (χ3n) is 6.70. The van der Waals surface area contributed by atoms with Crippen molar-refractivity contribution >= 4 is 45.2 Å². The van der Waals surface area contributed by atoms with Crippen molar-refractivity contribution in [3.05, 3.63) is 103 Å². The van der Waals surface area contributed by atoms with Crippen LogP contribution >= 0.6 is 11.3 Å². The molecule has 0 atom stereocenters. The predicted molar refractivity (Wildman–Crippen MR) is 151 cm³/mol. The van der Waals surface area contributed by atoms with Crippen molar-refractivity contribution < 1.29 is 9.53 Å². The number of para-hydroxylation sites is 1. The van der Waals surface area contributed by atoms with Gasteiger partial charge in [-0.25, -0.2) is 0 Å². The normalized spacial score (nSPS) is 13.6. The molecule has 1 saturated heterocycles. The molecular formula is C29H24N4O4S. The second kappa shape index (κ2) is 10.2. The van der Waals surface area contributed by atoms with Crippen LogP contribution in [0.2, 0.25) is 0 Å². The monoisotopic (exact) mass is 524 g/mol. The van der Waals surface area contributed by atoms with Crippen LogP contribution in [0.3, 0.4) is 0 Å². The third-order valence-corrected chi connectivity index (χ3v) is 7.61. The van der Waals surface area contributed by atoms with Crippen LogP contribution in [-0.4, -0.2) is 37.2 Å². The maximum Gasteiger partial charge on any atom is 0.267 e. The molecule has 0 radical (unpaired) electrons. The number of fused-ring (bicyclic) bond motifs is 1. The van der Waals surface area contributed by atoms with Crippen LogP contribution in [0.1, 0.15) is 15.2 Å². The van der Waals surface area contributed by atoms with Crippen molar-refractivity contribution in [3.8, 4) is 11.1 Å². The highest BCUT2D eigenvalue weighted by Crippen LogP contribution is 2.30. The molecule has 1 aliphatic heterocycles. The molecule has 5 aromatic rings. The number of hydrogen-bond acceptors (Lipinski definition) is 8. The molecule has 3 heterocycles. The number of carbonyl (C=O) groups excluding carboxylic acids is 1. The topological polar surface area (TPSA) is 101 Å². The molecule has 9 heteroatoms. The van der Waals surface area contributed by atoms with Crippen LogP contribution in [0.25, 0.3) is 22.0 Å². The van der Waals surface area contributed by atoms with Crippen LogP contribution in [0.4, 0.5) is 17.1 Å². The predicted octanol–water partition coefficient (Wildman–Crippen LogP) is 4.26. The summed E-state index contributed by atoms with van der Waals surface area (Å²) >= 11 is 1.35. The number of morpholine rings is 1. The largest absolute Gasteiger partial charge is 0.380 e. The highest BCUT2D eigenvalue weighted by Gasteiger charge is 2.28. The number of anilines is 3. The summed E-state index contributed by atoms with van der Waals surface area (Å²) in [7, 11) is 0. The van der Waals surface area contributed by atoms with Crippen molar-refractivity contribution in [3.63, 3.8) is 0 Å². The van der Waals surface area contributed by atoms with E-state index < -0.39 is 10.9 Å². The van der Waals surface area contributed by atoms with Gasteiger partial charge in [0.2, 0.25) is 10.9 Å². The minimum Gasteiger partial charge on any atom is -0.380 e. The summed E-state index contributed by atoms with van der Waals surface area (Å²) in [5, 5.41) is 9.27. The Morgan fingerprint density at radius 1 is 1.00 bits per heavy atom. The Morgan fingerprint density at radius 2 is 1.84 bits per heavy atom. The minimum absolute atomic E-state index is 0.252. The van der Waals surface area contributed by atoms with E-state index in [-0.39, 0.29) is 5.91 Å². The fourth-order valence-electron chi connectivity index (χ4n) is 4.80. The number of ether oxygens (including phenoxy) is 1. The fourth-order valence-corrected chi connectivity index (χ4v) is 5.57. The SMILES string of the molecule is O=C(Nc1cccc(-c2c(N3CCOCC3)c(=O)c2=O)c1)c1sccc1NCc1ccnc2ccccc12. The van der Waals surface area contributed by atoms with Crippen LogP contribution in [-0.2, 0) is 11.3 Å². The second-order valence-corrected chi connectivity index (χ2v) is 9.94. The Kier molecular flexibility index (Phi) is 6.45.